The zero-order valence-electron chi connectivity index (χ0n) is 11.3. The number of carbonyl (C=O) groups is 1. The number of halogens is 2. The summed E-state index contributed by atoms with van der Waals surface area (Å²) in [4.78, 5) is 11.6. The molecule has 1 aromatic carbocycles. The second-order valence-electron chi connectivity index (χ2n) is 4.70. The van der Waals surface area contributed by atoms with Gasteiger partial charge in [-0.25, -0.2) is 0 Å². The van der Waals surface area contributed by atoms with Crippen molar-refractivity contribution in [3.05, 3.63) is 33.8 Å². The molecular weight excluding hydrogens is 299 g/mol. The largest absolute Gasteiger partial charge is 0.370 e. The summed E-state index contributed by atoms with van der Waals surface area (Å²) in [5, 5.41) is 7.24. The Bertz CT molecular complexity index is 482. The van der Waals surface area contributed by atoms with Gasteiger partial charge in [0.15, 0.2) is 0 Å². The van der Waals surface area contributed by atoms with Crippen LogP contribution in [0.3, 0.4) is 0 Å². The summed E-state index contributed by atoms with van der Waals surface area (Å²) in [7, 11) is 0. The standard InChI is InChI=1S/C14H18Cl2N2O2/c1-2-13(19)18-12-8-17-5-6-20-14(12)9-3-4-10(15)11(16)7-9/h3-4,7,12,14,17H,2,5-6,8H2,1H3,(H,18,19). The van der Waals surface area contributed by atoms with Gasteiger partial charge in [0, 0.05) is 19.5 Å². The molecule has 2 atom stereocenters. The molecule has 1 fully saturated rings. The highest BCUT2D eigenvalue weighted by Crippen LogP contribution is 2.29. The number of ether oxygens (including phenoxy) is 1. The number of hydrogen-bond donors (Lipinski definition) is 2. The molecule has 2 unspecified atom stereocenters. The third kappa shape index (κ3) is 3.85. The van der Waals surface area contributed by atoms with Gasteiger partial charge in [-0.3, -0.25) is 4.79 Å². The number of amides is 1. The molecule has 1 aromatic rings. The molecule has 0 spiro atoms. The predicted molar refractivity (Wildman–Crippen MR) is 80.2 cm³/mol. The number of nitrogens with one attached hydrogen (secondary N) is 2. The molecule has 2 N–H and O–H groups in total. The van der Waals surface area contributed by atoms with Crippen LogP contribution >= 0.6 is 23.2 Å². The predicted octanol–water partition coefficient (Wildman–Crippen LogP) is 2.55. The van der Waals surface area contributed by atoms with Crippen molar-refractivity contribution in [3.8, 4) is 0 Å². The third-order valence-electron chi connectivity index (χ3n) is 3.25. The first-order valence-electron chi connectivity index (χ1n) is 6.68. The lowest BCUT2D eigenvalue weighted by atomic mass is 10.0. The average Bonchev–Trinajstić information content (AvgIpc) is 2.67. The Hall–Kier alpha value is -0.810. The second-order valence-corrected chi connectivity index (χ2v) is 5.51. The minimum atomic E-state index is -0.227. The number of rotatable bonds is 3. The van der Waals surface area contributed by atoms with Crippen LogP contribution in [0.2, 0.25) is 10.0 Å². The van der Waals surface area contributed by atoms with E-state index in [2.05, 4.69) is 10.6 Å². The average molecular weight is 317 g/mol. The van der Waals surface area contributed by atoms with E-state index in [0.717, 1.165) is 12.1 Å². The SMILES string of the molecule is CCC(=O)NC1CNCCOC1c1ccc(Cl)c(Cl)c1. The highest BCUT2D eigenvalue weighted by Gasteiger charge is 2.27. The smallest absolute Gasteiger partial charge is 0.220 e. The highest BCUT2D eigenvalue weighted by molar-refractivity contribution is 6.42. The highest BCUT2D eigenvalue weighted by atomic mass is 35.5. The van der Waals surface area contributed by atoms with Gasteiger partial charge < -0.3 is 15.4 Å². The van der Waals surface area contributed by atoms with E-state index in [1.165, 1.54) is 0 Å². The first-order valence-corrected chi connectivity index (χ1v) is 7.44. The first kappa shape index (κ1) is 15.6. The maximum absolute atomic E-state index is 11.6. The van der Waals surface area contributed by atoms with Gasteiger partial charge in [-0.2, -0.15) is 0 Å². The molecule has 0 bridgehead atoms. The van der Waals surface area contributed by atoms with Gasteiger partial charge in [0.25, 0.3) is 0 Å². The van der Waals surface area contributed by atoms with E-state index in [-0.39, 0.29) is 18.1 Å². The van der Waals surface area contributed by atoms with Gasteiger partial charge in [0.1, 0.15) is 6.10 Å². The first-order chi connectivity index (χ1) is 9.61. The van der Waals surface area contributed by atoms with Gasteiger partial charge in [-0.15, -0.1) is 0 Å². The van der Waals surface area contributed by atoms with E-state index < -0.39 is 0 Å². The van der Waals surface area contributed by atoms with E-state index in [0.29, 0.717) is 29.6 Å². The molecule has 110 valence electrons. The van der Waals surface area contributed by atoms with Crippen LogP contribution in [-0.2, 0) is 9.53 Å². The van der Waals surface area contributed by atoms with Crippen LogP contribution in [0.25, 0.3) is 0 Å². The van der Waals surface area contributed by atoms with Crippen LogP contribution in [0.15, 0.2) is 18.2 Å². The molecule has 6 heteroatoms. The monoisotopic (exact) mass is 316 g/mol. The Balaban J connectivity index is 2.22. The molecule has 20 heavy (non-hydrogen) atoms. The Morgan fingerprint density at radius 3 is 2.95 bits per heavy atom. The molecule has 0 saturated carbocycles. The van der Waals surface area contributed by atoms with Crippen LogP contribution in [-0.4, -0.2) is 31.6 Å². The summed E-state index contributed by atoms with van der Waals surface area (Å²) in [6, 6.07) is 5.31. The Morgan fingerprint density at radius 2 is 2.25 bits per heavy atom. The summed E-state index contributed by atoms with van der Waals surface area (Å²) in [5.41, 5.74) is 0.921. The molecule has 1 aliphatic heterocycles. The molecular formula is C14H18Cl2N2O2. The molecule has 1 heterocycles. The van der Waals surface area contributed by atoms with Crippen LogP contribution in [0, 0.1) is 0 Å². The zero-order valence-corrected chi connectivity index (χ0v) is 12.8. The van der Waals surface area contributed by atoms with Crippen molar-refractivity contribution in [1.82, 2.24) is 10.6 Å². The lowest BCUT2D eigenvalue weighted by Crippen LogP contribution is -2.44. The molecule has 1 saturated heterocycles. The number of hydrogen-bond acceptors (Lipinski definition) is 3. The minimum Gasteiger partial charge on any atom is -0.370 e. The zero-order chi connectivity index (χ0) is 14.5. The molecule has 0 radical (unpaired) electrons. The molecule has 0 aromatic heterocycles. The topological polar surface area (TPSA) is 50.4 Å². The van der Waals surface area contributed by atoms with Gasteiger partial charge in [-0.1, -0.05) is 36.2 Å². The van der Waals surface area contributed by atoms with Crippen molar-refractivity contribution >= 4 is 29.1 Å². The van der Waals surface area contributed by atoms with Crippen molar-refractivity contribution in [2.24, 2.45) is 0 Å². The molecule has 0 aliphatic carbocycles. The van der Waals surface area contributed by atoms with Crippen molar-refractivity contribution in [1.29, 1.82) is 0 Å². The molecule has 1 amide bonds. The van der Waals surface area contributed by atoms with Crippen LogP contribution in [0.4, 0.5) is 0 Å². The fourth-order valence-corrected chi connectivity index (χ4v) is 2.50. The lowest BCUT2D eigenvalue weighted by molar-refractivity contribution is -0.122. The summed E-state index contributed by atoms with van der Waals surface area (Å²) in [5.74, 6) is 0.00682. The van der Waals surface area contributed by atoms with E-state index in [1.807, 2.05) is 13.0 Å². The molecule has 2 rings (SSSR count). The van der Waals surface area contributed by atoms with Gasteiger partial charge in [0.2, 0.25) is 5.91 Å². The number of benzene rings is 1. The lowest BCUT2D eigenvalue weighted by Gasteiger charge is -2.26. The summed E-state index contributed by atoms with van der Waals surface area (Å²) in [6.45, 7) is 3.84. The fraction of sp³-hybridized carbons (Fsp3) is 0.500. The summed E-state index contributed by atoms with van der Waals surface area (Å²) in [6.07, 6.45) is 0.222. The van der Waals surface area contributed by atoms with Crippen LogP contribution in [0.1, 0.15) is 25.0 Å². The number of carbonyl (C=O) groups excluding carboxylic acids is 1. The quantitative estimate of drug-likeness (QED) is 0.901. The molecule has 4 nitrogen and oxygen atoms in total. The summed E-state index contributed by atoms with van der Waals surface area (Å²) < 4.78 is 5.86. The fourth-order valence-electron chi connectivity index (χ4n) is 2.19. The minimum absolute atomic E-state index is 0.00682. The second kappa shape index (κ2) is 7.27. The van der Waals surface area contributed by atoms with Crippen molar-refractivity contribution in [3.63, 3.8) is 0 Å². The molecule has 1 aliphatic rings. The maximum Gasteiger partial charge on any atom is 0.220 e. The third-order valence-corrected chi connectivity index (χ3v) is 3.98. The van der Waals surface area contributed by atoms with E-state index in [9.17, 15) is 4.79 Å². The van der Waals surface area contributed by atoms with Gasteiger partial charge in [-0.05, 0) is 17.7 Å². The Morgan fingerprint density at radius 1 is 1.45 bits per heavy atom. The van der Waals surface area contributed by atoms with Crippen molar-refractivity contribution in [2.75, 3.05) is 19.7 Å². The Labute approximate surface area is 128 Å². The van der Waals surface area contributed by atoms with Gasteiger partial charge >= 0.3 is 0 Å². The Kier molecular flexibility index (Phi) is 5.66. The van der Waals surface area contributed by atoms with Crippen LogP contribution < -0.4 is 10.6 Å². The van der Waals surface area contributed by atoms with Crippen LogP contribution in [0.5, 0.6) is 0 Å². The van der Waals surface area contributed by atoms with Crippen molar-refractivity contribution in [2.45, 2.75) is 25.5 Å². The maximum atomic E-state index is 11.6. The normalized spacial score (nSPS) is 23.1. The van der Waals surface area contributed by atoms with Gasteiger partial charge in [0.05, 0.1) is 22.7 Å². The van der Waals surface area contributed by atoms with E-state index in [4.69, 9.17) is 27.9 Å². The van der Waals surface area contributed by atoms with E-state index >= 15 is 0 Å². The van der Waals surface area contributed by atoms with E-state index in [1.54, 1.807) is 12.1 Å². The summed E-state index contributed by atoms with van der Waals surface area (Å²) >= 11 is 12.0. The van der Waals surface area contributed by atoms with Crippen molar-refractivity contribution < 1.29 is 9.53 Å².